The number of hydrogen-bond acceptors (Lipinski definition) is 4. The van der Waals surface area contributed by atoms with Crippen LogP contribution in [0.1, 0.15) is 19.8 Å². The van der Waals surface area contributed by atoms with Crippen LogP contribution < -0.4 is 10.1 Å². The van der Waals surface area contributed by atoms with E-state index in [0.717, 1.165) is 25.0 Å². The molecule has 0 aliphatic carbocycles. The van der Waals surface area contributed by atoms with Crippen LogP contribution in [0.2, 0.25) is 0 Å². The quantitative estimate of drug-likeness (QED) is 0.794. The lowest BCUT2D eigenvalue weighted by Gasteiger charge is -2.17. The highest BCUT2D eigenvalue weighted by atomic mass is 32.2. The molecule has 1 atom stereocenters. The molecule has 0 bridgehead atoms. The first kappa shape index (κ1) is 20.2. The van der Waals surface area contributed by atoms with Gasteiger partial charge in [0.05, 0.1) is 4.90 Å². The van der Waals surface area contributed by atoms with Crippen molar-refractivity contribution in [3.63, 3.8) is 0 Å². The Balaban J connectivity index is 1.62. The van der Waals surface area contributed by atoms with E-state index in [9.17, 15) is 22.0 Å². The van der Waals surface area contributed by atoms with E-state index in [-0.39, 0.29) is 10.6 Å². The molecule has 1 fully saturated rings. The number of halogens is 2. The van der Waals surface area contributed by atoms with Crippen LogP contribution in [0, 0.1) is 11.6 Å². The summed E-state index contributed by atoms with van der Waals surface area (Å²) in [4.78, 5) is 12.4. The number of amides is 1. The fourth-order valence-electron chi connectivity index (χ4n) is 2.84. The Morgan fingerprint density at radius 2 is 1.71 bits per heavy atom. The highest BCUT2D eigenvalue weighted by Gasteiger charge is 2.27. The zero-order chi connectivity index (χ0) is 20.3. The van der Waals surface area contributed by atoms with Crippen molar-refractivity contribution in [2.45, 2.75) is 30.8 Å². The van der Waals surface area contributed by atoms with Gasteiger partial charge in [0.2, 0.25) is 10.0 Å². The normalized spacial score (nSPS) is 16.0. The summed E-state index contributed by atoms with van der Waals surface area (Å²) in [6.07, 6.45) is 0.727. The van der Waals surface area contributed by atoms with Crippen molar-refractivity contribution in [1.82, 2.24) is 4.31 Å². The third kappa shape index (κ3) is 4.48. The van der Waals surface area contributed by atoms with E-state index in [1.54, 1.807) is 0 Å². The molecule has 0 saturated carbocycles. The number of anilines is 1. The number of hydrogen-bond donors (Lipinski definition) is 1. The molecule has 1 N–H and O–H groups in total. The lowest BCUT2D eigenvalue weighted by molar-refractivity contribution is -0.122. The van der Waals surface area contributed by atoms with Gasteiger partial charge in [-0.05, 0) is 56.2 Å². The van der Waals surface area contributed by atoms with Crippen LogP contribution in [0.25, 0.3) is 0 Å². The second-order valence-corrected chi connectivity index (χ2v) is 8.40. The number of sulfonamides is 1. The van der Waals surface area contributed by atoms with Crippen molar-refractivity contribution in [2.75, 3.05) is 18.4 Å². The first-order chi connectivity index (χ1) is 13.3. The molecule has 0 radical (unpaired) electrons. The van der Waals surface area contributed by atoms with Crippen LogP contribution in [0.3, 0.4) is 0 Å². The highest BCUT2D eigenvalue weighted by Crippen LogP contribution is 2.22. The molecule has 0 spiro atoms. The van der Waals surface area contributed by atoms with Crippen LogP contribution in [0.4, 0.5) is 14.5 Å². The average Bonchev–Trinajstić information content (AvgIpc) is 3.21. The fraction of sp³-hybridized carbons (Fsp3) is 0.316. The Labute approximate surface area is 162 Å². The standard InChI is InChI=1S/C19H20F2N2O4S/c1-13(27-15-6-9-17(20)18(21)12-15)19(24)22-14-4-7-16(8-5-14)28(25,26)23-10-2-3-11-23/h4-9,12-13H,2-3,10-11H2,1H3,(H,22,24)/t13-/m1/s1. The van der Waals surface area contributed by atoms with Gasteiger partial charge in [-0.25, -0.2) is 17.2 Å². The van der Waals surface area contributed by atoms with Crippen molar-refractivity contribution in [1.29, 1.82) is 0 Å². The van der Waals surface area contributed by atoms with Gasteiger partial charge in [0, 0.05) is 24.8 Å². The highest BCUT2D eigenvalue weighted by molar-refractivity contribution is 7.89. The zero-order valence-corrected chi connectivity index (χ0v) is 16.0. The maximum atomic E-state index is 13.2. The Kier molecular flexibility index (Phi) is 5.95. The van der Waals surface area contributed by atoms with Gasteiger partial charge in [-0.15, -0.1) is 0 Å². The van der Waals surface area contributed by atoms with Crippen molar-refractivity contribution in [2.24, 2.45) is 0 Å². The SMILES string of the molecule is C[C@@H](Oc1ccc(F)c(F)c1)C(=O)Nc1ccc(S(=O)(=O)N2CCCC2)cc1. The van der Waals surface area contributed by atoms with Gasteiger partial charge >= 0.3 is 0 Å². The summed E-state index contributed by atoms with van der Waals surface area (Å²) >= 11 is 0. The predicted octanol–water partition coefficient (Wildman–Crippen LogP) is 3.16. The molecular weight excluding hydrogens is 390 g/mol. The monoisotopic (exact) mass is 410 g/mol. The summed E-state index contributed by atoms with van der Waals surface area (Å²) in [5, 5.41) is 2.60. The number of rotatable bonds is 6. The summed E-state index contributed by atoms with van der Waals surface area (Å²) in [6, 6.07) is 8.84. The van der Waals surface area contributed by atoms with Crippen LogP contribution in [0.15, 0.2) is 47.4 Å². The predicted molar refractivity (Wildman–Crippen MR) is 99.5 cm³/mol. The number of carbonyl (C=O) groups is 1. The lowest BCUT2D eigenvalue weighted by Crippen LogP contribution is -2.30. The minimum absolute atomic E-state index is 0.0219. The molecule has 2 aromatic carbocycles. The molecule has 1 heterocycles. The van der Waals surface area contributed by atoms with Crippen molar-refractivity contribution < 1.29 is 26.7 Å². The van der Waals surface area contributed by atoms with E-state index in [2.05, 4.69) is 5.32 Å². The minimum atomic E-state index is -3.52. The molecule has 1 saturated heterocycles. The number of benzene rings is 2. The second-order valence-electron chi connectivity index (χ2n) is 6.46. The van der Waals surface area contributed by atoms with Gasteiger partial charge in [-0.3, -0.25) is 4.79 Å². The molecule has 150 valence electrons. The zero-order valence-electron chi connectivity index (χ0n) is 15.2. The molecule has 0 unspecified atom stereocenters. The third-order valence-corrected chi connectivity index (χ3v) is 6.31. The molecule has 1 aliphatic rings. The van der Waals surface area contributed by atoms with Gasteiger partial charge < -0.3 is 10.1 Å². The summed E-state index contributed by atoms with van der Waals surface area (Å²) < 4.78 is 57.9. The minimum Gasteiger partial charge on any atom is -0.481 e. The van der Waals surface area contributed by atoms with Gasteiger partial charge in [-0.2, -0.15) is 4.31 Å². The van der Waals surface area contributed by atoms with Gasteiger partial charge in [-0.1, -0.05) is 0 Å². The van der Waals surface area contributed by atoms with E-state index >= 15 is 0 Å². The molecule has 1 aliphatic heterocycles. The average molecular weight is 410 g/mol. The lowest BCUT2D eigenvalue weighted by atomic mass is 10.3. The number of carbonyl (C=O) groups excluding carboxylic acids is 1. The Morgan fingerprint density at radius 3 is 2.32 bits per heavy atom. The molecule has 1 amide bonds. The van der Waals surface area contributed by atoms with Crippen LogP contribution >= 0.6 is 0 Å². The summed E-state index contributed by atoms with van der Waals surface area (Å²) in [7, 11) is -3.52. The molecule has 28 heavy (non-hydrogen) atoms. The largest absolute Gasteiger partial charge is 0.481 e. The van der Waals surface area contributed by atoms with E-state index in [0.29, 0.717) is 18.8 Å². The van der Waals surface area contributed by atoms with Crippen LogP contribution in [-0.2, 0) is 14.8 Å². The first-order valence-electron chi connectivity index (χ1n) is 8.80. The van der Waals surface area contributed by atoms with E-state index in [1.165, 1.54) is 41.6 Å². The van der Waals surface area contributed by atoms with E-state index in [4.69, 9.17) is 4.74 Å². The molecule has 9 heteroatoms. The van der Waals surface area contributed by atoms with Crippen molar-refractivity contribution in [3.05, 3.63) is 54.1 Å². The molecule has 6 nitrogen and oxygen atoms in total. The Hall–Kier alpha value is -2.52. The summed E-state index contributed by atoms with van der Waals surface area (Å²) in [6.45, 7) is 2.49. The fourth-order valence-corrected chi connectivity index (χ4v) is 4.36. The Morgan fingerprint density at radius 1 is 1.07 bits per heavy atom. The topological polar surface area (TPSA) is 75.7 Å². The van der Waals surface area contributed by atoms with Gasteiger partial charge in [0.1, 0.15) is 5.75 Å². The van der Waals surface area contributed by atoms with E-state index < -0.39 is 33.7 Å². The maximum absolute atomic E-state index is 13.2. The van der Waals surface area contributed by atoms with Gasteiger partial charge in [0.15, 0.2) is 17.7 Å². The van der Waals surface area contributed by atoms with E-state index in [1.807, 2.05) is 0 Å². The summed E-state index contributed by atoms with van der Waals surface area (Å²) in [5.74, 6) is -2.57. The first-order valence-corrected chi connectivity index (χ1v) is 10.2. The number of nitrogens with one attached hydrogen (secondary N) is 1. The smallest absolute Gasteiger partial charge is 0.265 e. The van der Waals surface area contributed by atoms with Crippen LogP contribution in [-0.4, -0.2) is 37.8 Å². The second kappa shape index (κ2) is 8.24. The van der Waals surface area contributed by atoms with Crippen LogP contribution in [0.5, 0.6) is 5.75 Å². The van der Waals surface area contributed by atoms with Crippen molar-refractivity contribution in [3.8, 4) is 5.75 Å². The molecule has 0 aromatic heterocycles. The third-order valence-electron chi connectivity index (χ3n) is 4.40. The molecule has 3 rings (SSSR count). The number of nitrogens with zero attached hydrogens (tertiary/aromatic N) is 1. The maximum Gasteiger partial charge on any atom is 0.265 e. The summed E-state index contributed by atoms with van der Waals surface area (Å²) in [5.41, 5.74) is 0.395. The molecule has 2 aromatic rings. The van der Waals surface area contributed by atoms with Gasteiger partial charge in [0.25, 0.3) is 5.91 Å². The Bertz CT molecular complexity index is 958. The molecular formula is C19H20F2N2O4S. The van der Waals surface area contributed by atoms with Crippen molar-refractivity contribution >= 4 is 21.6 Å². The number of ether oxygens (including phenoxy) is 1.